The summed E-state index contributed by atoms with van der Waals surface area (Å²) in [6.45, 7) is 2.01. The third-order valence-electron chi connectivity index (χ3n) is 4.00. The van der Waals surface area contributed by atoms with Crippen LogP contribution in [0.2, 0.25) is 0 Å². The van der Waals surface area contributed by atoms with Gasteiger partial charge in [0.2, 0.25) is 0 Å². The van der Waals surface area contributed by atoms with E-state index in [1.54, 1.807) is 12.3 Å². The van der Waals surface area contributed by atoms with E-state index in [4.69, 9.17) is 4.74 Å². The maximum atomic E-state index is 14.1. The Morgan fingerprint density at radius 1 is 1.17 bits per heavy atom. The van der Waals surface area contributed by atoms with Crippen molar-refractivity contribution < 1.29 is 13.9 Å². The molecule has 0 aliphatic rings. The molecule has 5 heteroatoms. The second-order valence-electron chi connectivity index (χ2n) is 5.30. The largest absolute Gasteiger partial charge is 0.465 e. The zero-order valence-electron chi connectivity index (χ0n) is 12.7. The van der Waals surface area contributed by atoms with Crippen molar-refractivity contribution >= 4 is 32.8 Å². The Kier molecular flexibility index (Phi) is 4.22. The fourth-order valence-corrected chi connectivity index (χ4v) is 3.01. The Balaban J connectivity index is 2.19. The topological polar surface area (TPSA) is 31.2 Å². The van der Waals surface area contributed by atoms with Crippen LogP contribution in [0, 0.1) is 5.82 Å². The lowest BCUT2D eigenvalue weighted by Crippen LogP contribution is -2.10. The second kappa shape index (κ2) is 6.16. The quantitative estimate of drug-likeness (QED) is 0.607. The summed E-state index contributed by atoms with van der Waals surface area (Å²) in [6.07, 6.45) is 1.80. The summed E-state index contributed by atoms with van der Waals surface area (Å²) < 4.78 is 21.8. The molecule has 0 saturated carbocycles. The van der Waals surface area contributed by atoms with Gasteiger partial charge in [0.15, 0.2) is 0 Å². The summed E-state index contributed by atoms with van der Waals surface area (Å²) >= 11 is 3.42. The molecule has 1 heterocycles. The fourth-order valence-electron chi connectivity index (χ4n) is 2.75. The summed E-state index contributed by atoms with van der Waals surface area (Å²) in [5.74, 6) is -0.827. The third kappa shape index (κ3) is 2.77. The lowest BCUT2D eigenvalue weighted by molar-refractivity contribution is 0.0602. The van der Waals surface area contributed by atoms with Crippen molar-refractivity contribution in [2.45, 2.75) is 13.0 Å². The zero-order valence-corrected chi connectivity index (χ0v) is 14.3. The van der Waals surface area contributed by atoms with E-state index in [0.29, 0.717) is 16.5 Å². The molecule has 0 saturated heterocycles. The first-order valence-corrected chi connectivity index (χ1v) is 7.95. The number of rotatable bonds is 3. The van der Waals surface area contributed by atoms with Gasteiger partial charge in [-0.25, -0.2) is 9.18 Å². The number of halogens is 2. The van der Waals surface area contributed by atoms with E-state index < -0.39 is 5.97 Å². The molecule has 0 radical (unpaired) electrons. The number of aromatic nitrogens is 1. The van der Waals surface area contributed by atoms with E-state index in [1.807, 2.05) is 35.8 Å². The Labute approximate surface area is 141 Å². The summed E-state index contributed by atoms with van der Waals surface area (Å²) in [5, 5.41) is 0.414. The van der Waals surface area contributed by atoms with Gasteiger partial charge in [-0.05, 0) is 42.8 Å². The molecular weight excluding hydrogens is 361 g/mol. The van der Waals surface area contributed by atoms with Gasteiger partial charge >= 0.3 is 5.97 Å². The van der Waals surface area contributed by atoms with Gasteiger partial charge < -0.3 is 9.30 Å². The molecule has 0 spiro atoms. The summed E-state index contributed by atoms with van der Waals surface area (Å²) in [5.41, 5.74) is 1.97. The van der Waals surface area contributed by atoms with Crippen LogP contribution in [-0.4, -0.2) is 17.6 Å². The van der Waals surface area contributed by atoms with Crippen LogP contribution < -0.4 is 0 Å². The number of esters is 1. The zero-order chi connectivity index (χ0) is 16.6. The van der Waals surface area contributed by atoms with Crippen molar-refractivity contribution in [1.82, 2.24) is 4.57 Å². The van der Waals surface area contributed by atoms with Gasteiger partial charge in [0.05, 0.1) is 24.2 Å². The van der Waals surface area contributed by atoms with Crippen molar-refractivity contribution in [3.05, 3.63) is 70.1 Å². The molecule has 1 atom stereocenters. The minimum absolute atomic E-state index is 0.0502. The number of fused-ring (bicyclic) bond motifs is 1. The van der Waals surface area contributed by atoms with E-state index in [0.717, 1.165) is 10.0 Å². The van der Waals surface area contributed by atoms with Gasteiger partial charge in [0, 0.05) is 16.1 Å². The van der Waals surface area contributed by atoms with Crippen molar-refractivity contribution in [2.75, 3.05) is 7.11 Å². The highest BCUT2D eigenvalue weighted by Gasteiger charge is 2.19. The predicted molar refractivity (Wildman–Crippen MR) is 91.2 cm³/mol. The van der Waals surface area contributed by atoms with Gasteiger partial charge in [-0.2, -0.15) is 0 Å². The Hall–Kier alpha value is -2.14. The van der Waals surface area contributed by atoms with Gasteiger partial charge in [-0.15, -0.1) is 0 Å². The van der Waals surface area contributed by atoms with E-state index in [2.05, 4.69) is 15.9 Å². The van der Waals surface area contributed by atoms with Crippen molar-refractivity contribution in [3.63, 3.8) is 0 Å². The number of carbonyl (C=O) groups is 1. The highest BCUT2D eigenvalue weighted by Crippen LogP contribution is 2.30. The monoisotopic (exact) mass is 375 g/mol. The van der Waals surface area contributed by atoms with Gasteiger partial charge in [0.25, 0.3) is 0 Å². The standard InChI is InChI=1S/C18H15BrFNO2/c1-11(12-3-5-13(19)6-4-12)21-10-9-14-16(20)8-7-15(17(14)21)18(22)23-2/h3-11H,1-2H3. The first-order chi connectivity index (χ1) is 11.0. The molecule has 0 fully saturated rings. The number of methoxy groups -OCH3 is 1. The lowest BCUT2D eigenvalue weighted by atomic mass is 10.1. The maximum Gasteiger partial charge on any atom is 0.340 e. The minimum atomic E-state index is -0.474. The molecule has 0 amide bonds. The van der Waals surface area contributed by atoms with Gasteiger partial charge in [0.1, 0.15) is 5.82 Å². The van der Waals surface area contributed by atoms with E-state index in [9.17, 15) is 9.18 Å². The molecule has 3 aromatic rings. The molecule has 1 aromatic heterocycles. The highest BCUT2D eigenvalue weighted by molar-refractivity contribution is 9.10. The van der Waals surface area contributed by atoms with Gasteiger partial charge in [-0.3, -0.25) is 0 Å². The van der Waals surface area contributed by atoms with Crippen molar-refractivity contribution in [1.29, 1.82) is 0 Å². The summed E-state index contributed by atoms with van der Waals surface area (Å²) in [4.78, 5) is 12.0. The molecule has 0 aliphatic heterocycles. The van der Waals surface area contributed by atoms with Crippen molar-refractivity contribution in [3.8, 4) is 0 Å². The second-order valence-corrected chi connectivity index (χ2v) is 6.22. The average Bonchev–Trinajstić information content (AvgIpc) is 3.00. The van der Waals surface area contributed by atoms with Gasteiger partial charge in [-0.1, -0.05) is 28.1 Å². The molecule has 0 N–H and O–H groups in total. The Bertz CT molecular complexity index is 871. The van der Waals surface area contributed by atoms with E-state index in [1.165, 1.54) is 19.2 Å². The molecule has 3 rings (SSSR count). The predicted octanol–water partition coefficient (Wildman–Crippen LogP) is 4.94. The maximum absolute atomic E-state index is 14.1. The number of carbonyl (C=O) groups excluding carboxylic acids is 1. The van der Waals surface area contributed by atoms with Crippen molar-refractivity contribution in [2.24, 2.45) is 0 Å². The van der Waals surface area contributed by atoms with Crippen LogP contribution in [0.25, 0.3) is 10.9 Å². The normalized spacial score (nSPS) is 12.3. The first kappa shape index (κ1) is 15.7. The minimum Gasteiger partial charge on any atom is -0.465 e. The molecule has 0 aliphatic carbocycles. The summed E-state index contributed by atoms with van der Waals surface area (Å²) in [7, 11) is 1.32. The van der Waals surface area contributed by atoms with E-state index >= 15 is 0 Å². The van der Waals surface area contributed by atoms with Crippen LogP contribution in [0.15, 0.2) is 53.1 Å². The van der Waals surface area contributed by atoms with Crippen LogP contribution in [0.5, 0.6) is 0 Å². The smallest absolute Gasteiger partial charge is 0.340 e. The average molecular weight is 376 g/mol. The summed E-state index contributed by atoms with van der Waals surface area (Å²) in [6, 6.07) is 12.3. The molecule has 23 heavy (non-hydrogen) atoms. The van der Waals surface area contributed by atoms with Crippen LogP contribution in [-0.2, 0) is 4.74 Å². The number of ether oxygens (including phenoxy) is 1. The lowest BCUT2D eigenvalue weighted by Gasteiger charge is -2.17. The third-order valence-corrected chi connectivity index (χ3v) is 4.53. The first-order valence-electron chi connectivity index (χ1n) is 7.15. The molecule has 0 bridgehead atoms. The molecule has 1 unspecified atom stereocenters. The van der Waals surface area contributed by atoms with E-state index in [-0.39, 0.29) is 11.9 Å². The van der Waals surface area contributed by atoms with Crippen LogP contribution >= 0.6 is 15.9 Å². The van der Waals surface area contributed by atoms with Crippen LogP contribution in [0.3, 0.4) is 0 Å². The number of benzene rings is 2. The highest BCUT2D eigenvalue weighted by atomic mass is 79.9. The number of nitrogens with zero attached hydrogens (tertiary/aromatic N) is 1. The van der Waals surface area contributed by atoms with Crippen LogP contribution in [0.1, 0.15) is 28.9 Å². The molecule has 2 aromatic carbocycles. The number of hydrogen-bond donors (Lipinski definition) is 0. The number of hydrogen-bond acceptors (Lipinski definition) is 2. The fraction of sp³-hybridized carbons (Fsp3) is 0.167. The Morgan fingerprint density at radius 2 is 1.87 bits per heavy atom. The van der Waals surface area contributed by atoms with Crippen LogP contribution in [0.4, 0.5) is 4.39 Å². The molecular formula is C18H15BrFNO2. The Morgan fingerprint density at radius 3 is 2.52 bits per heavy atom. The SMILES string of the molecule is COC(=O)c1ccc(F)c2ccn(C(C)c3ccc(Br)cc3)c12. The molecule has 118 valence electrons. The molecule has 3 nitrogen and oxygen atoms in total.